The molecule has 1 aromatic carbocycles. The maximum absolute atomic E-state index is 13.4. The highest BCUT2D eigenvalue weighted by Crippen LogP contribution is 2.50. The van der Waals surface area contributed by atoms with Gasteiger partial charge in [-0.3, -0.25) is 4.79 Å². The Morgan fingerprint density at radius 1 is 1.40 bits per heavy atom. The van der Waals surface area contributed by atoms with Crippen LogP contribution in [0, 0.1) is 11.2 Å². The van der Waals surface area contributed by atoms with Crippen molar-refractivity contribution in [2.45, 2.75) is 31.6 Å². The molecule has 4 heteroatoms. The summed E-state index contributed by atoms with van der Waals surface area (Å²) >= 11 is 0. The van der Waals surface area contributed by atoms with Gasteiger partial charge in [0.1, 0.15) is 5.82 Å². The second-order valence-electron chi connectivity index (χ2n) is 6.58. The zero-order valence-corrected chi connectivity index (χ0v) is 11.9. The molecule has 1 aliphatic carbocycles. The van der Waals surface area contributed by atoms with Crippen LogP contribution in [0.25, 0.3) is 0 Å². The van der Waals surface area contributed by atoms with Gasteiger partial charge in [-0.2, -0.15) is 0 Å². The first-order valence-electron chi connectivity index (χ1n) is 7.25. The van der Waals surface area contributed by atoms with Crippen LogP contribution in [0.15, 0.2) is 24.3 Å². The van der Waals surface area contributed by atoms with Crippen molar-refractivity contribution in [1.29, 1.82) is 0 Å². The highest BCUT2D eigenvalue weighted by atomic mass is 19.1. The number of likely N-dealkylation sites (tertiary alicyclic amines) is 1. The van der Waals surface area contributed by atoms with Gasteiger partial charge in [-0.05, 0) is 48.9 Å². The summed E-state index contributed by atoms with van der Waals surface area (Å²) in [6, 6.07) is 6.48. The topological polar surface area (TPSA) is 46.3 Å². The molecule has 0 bridgehead atoms. The quantitative estimate of drug-likeness (QED) is 0.918. The number of benzene rings is 1. The molecule has 1 heterocycles. The molecule has 108 valence electrons. The molecule has 0 aromatic heterocycles. The molecular weight excluding hydrogens is 255 g/mol. The zero-order valence-electron chi connectivity index (χ0n) is 11.9. The smallest absolute Gasteiger partial charge is 0.233 e. The van der Waals surface area contributed by atoms with E-state index in [1.165, 1.54) is 12.1 Å². The molecule has 1 unspecified atom stereocenters. The SMILES string of the molecule is CC1(CN)CCN(C(=O)C2(c3cccc(F)c3)CC2)C1. The van der Waals surface area contributed by atoms with Crippen molar-refractivity contribution < 1.29 is 9.18 Å². The third-order valence-corrected chi connectivity index (χ3v) is 4.87. The Morgan fingerprint density at radius 2 is 2.15 bits per heavy atom. The lowest BCUT2D eigenvalue weighted by Gasteiger charge is -2.26. The first kappa shape index (κ1) is 13.6. The molecule has 3 rings (SSSR count). The molecule has 1 aliphatic heterocycles. The van der Waals surface area contributed by atoms with Crippen LogP contribution >= 0.6 is 0 Å². The summed E-state index contributed by atoms with van der Waals surface area (Å²) in [6.07, 6.45) is 2.60. The van der Waals surface area contributed by atoms with Gasteiger partial charge in [0.25, 0.3) is 0 Å². The first-order valence-corrected chi connectivity index (χ1v) is 7.25. The Morgan fingerprint density at radius 3 is 2.70 bits per heavy atom. The predicted octanol–water partition coefficient (Wildman–Crippen LogP) is 2.05. The number of halogens is 1. The van der Waals surface area contributed by atoms with Gasteiger partial charge in [0, 0.05) is 13.1 Å². The summed E-state index contributed by atoms with van der Waals surface area (Å²) in [5.41, 5.74) is 6.19. The van der Waals surface area contributed by atoms with Gasteiger partial charge in [0.2, 0.25) is 5.91 Å². The average Bonchev–Trinajstić information content (AvgIpc) is 3.16. The van der Waals surface area contributed by atoms with Gasteiger partial charge >= 0.3 is 0 Å². The van der Waals surface area contributed by atoms with Crippen LogP contribution in [0.4, 0.5) is 4.39 Å². The van der Waals surface area contributed by atoms with Crippen molar-refractivity contribution in [3.8, 4) is 0 Å². The largest absolute Gasteiger partial charge is 0.341 e. The maximum atomic E-state index is 13.4. The zero-order chi connectivity index (χ0) is 14.4. The second-order valence-corrected chi connectivity index (χ2v) is 6.58. The number of nitrogens with two attached hydrogens (primary N) is 1. The maximum Gasteiger partial charge on any atom is 0.233 e. The Bertz CT molecular complexity index is 541. The molecule has 1 saturated heterocycles. The minimum atomic E-state index is -0.470. The lowest BCUT2D eigenvalue weighted by Crippen LogP contribution is -2.40. The van der Waals surface area contributed by atoms with Crippen molar-refractivity contribution in [3.05, 3.63) is 35.6 Å². The van der Waals surface area contributed by atoms with Gasteiger partial charge in [-0.25, -0.2) is 4.39 Å². The van der Waals surface area contributed by atoms with Crippen molar-refractivity contribution in [2.24, 2.45) is 11.1 Å². The lowest BCUT2D eigenvalue weighted by molar-refractivity contribution is -0.133. The second kappa shape index (κ2) is 4.55. The number of rotatable bonds is 3. The molecule has 0 spiro atoms. The fourth-order valence-electron chi connectivity index (χ4n) is 3.20. The van der Waals surface area contributed by atoms with Crippen molar-refractivity contribution in [1.82, 2.24) is 4.90 Å². The molecule has 0 radical (unpaired) electrons. The summed E-state index contributed by atoms with van der Waals surface area (Å²) < 4.78 is 13.4. The monoisotopic (exact) mass is 276 g/mol. The van der Waals surface area contributed by atoms with Crippen LogP contribution in [0.5, 0.6) is 0 Å². The van der Waals surface area contributed by atoms with Crippen LogP contribution in [0.1, 0.15) is 31.7 Å². The van der Waals surface area contributed by atoms with E-state index in [1.807, 2.05) is 11.0 Å². The van der Waals surface area contributed by atoms with Crippen molar-refractivity contribution in [2.75, 3.05) is 19.6 Å². The summed E-state index contributed by atoms with van der Waals surface area (Å²) in [6.45, 7) is 4.22. The molecule has 1 aromatic rings. The number of carbonyl (C=O) groups excluding carboxylic acids is 1. The molecule has 20 heavy (non-hydrogen) atoms. The Labute approximate surface area is 118 Å². The van der Waals surface area contributed by atoms with E-state index in [0.29, 0.717) is 6.54 Å². The van der Waals surface area contributed by atoms with E-state index < -0.39 is 5.41 Å². The van der Waals surface area contributed by atoms with Crippen LogP contribution < -0.4 is 5.73 Å². The van der Waals surface area contributed by atoms with Crippen LogP contribution in [-0.4, -0.2) is 30.4 Å². The van der Waals surface area contributed by atoms with Crippen LogP contribution in [0.2, 0.25) is 0 Å². The normalized spacial score (nSPS) is 27.6. The molecule has 2 N–H and O–H groups in total. The number of hydrogen-bond donors (Lipinski definition) is 1. The number of hydrogen-bond acceptors (Lipinski definition) is 2. The standard InChI is InChI=1S/C16H21FN2O/c1-15(10-18)7-8-19(11-15)14(20)16(5-6-16)12-3-2-4-13(17)9-12/h2-4,9H,5-8,10-11,18H2,1H3. The summed E-state index contributed by atoms with van der Waals surface area (Å²) in [4.78, 5) is 14.7. The van der Waals surface area contributed by atoms with E-state index in [0.717, 1.165) is 37.9 Å². The van der Waals surface area contributed by atoms with Gasteiger partial charge in [0.15, 0.2) is 0 Å². The third kappa shape index (κ3) is 2.12. The van der Waals surface area contributed by atoms with E-state index in [9.17, 15) is 9.18 Å². The average molecular weight is 276 g/mol. The van der Waals surface area contributed by atoms with E-state index in [-0.39, 0.29) is 17.1 Å². The number of amides is 1. The van der Waals surface area contributed by atoms with Gasteiger partial charge in [-0.1, -0.05) is 19.1 Å². The summed E-state index contributed by atoms with van der Waals surface area (Å²) in [5.74, 6) is -0.116. The fraction of sp³-hybridized carbons (Fsp3) is 0.562. The molecule has 3 nitrogen and oxygen atoms in total. The summed E-state index contributed by atoms with van der Waals surface area (Å²) in [5, 5.41) is 0. The Kier molecular flexibility index (Phi) is 3.09. The van der Waals surface area contributed by atoms with E-state index in [1.54, 1.807) is 6.07 Å². The molecule has 2 aliphatic rings. The highest BCUT2D eigenvalue weighted by molar-refractivity contribution is 5.91. The lowest BCUT2D eigenvalue weighted by atomic mass is 9.90. The Balaban J connectivity index is 1.81. The number of nitrogens with zero attached hydrogens (tertiary/aromatic N) is 1. The van der Waals surface area contributed by atoms with Gasteiger partial charge in [0.05, 0.1) is 5.41 Å². The molecular formula is C16H21FN2O. The highest BCUT2D eigenvalue weighted by Gasteiger charge is 2.54. The van der Waals surface area contributed by atoms with Crippen molar-refractivity contribution in [3.63, 3.8) is 0 Å². The third-order valence-electron chi connectivity index (χ3n) is 4.87. The first-order chi connectivity index (χ1) is 9.49. The molecule has 1 atom stereocenters. The Hall–Kier alpha value is -1.42. The van der Waals surface area contributed by atoms with Gasteiger partial charge < -0.3 is 10.6 Å². The minimum Gasteiger partial charge on any atom is -0.341 e. The predicted molar refractivity (Wildman–Crippen MR) is 75.7 cm³/mol. The van der Waals surface area contributed by atoms with Crippen molar-refractivity contribution >= 4 is 5.91 Å². The van der Waals surface area contributed by atoms with Crippen LogP contribution in [0.3, 0.4) is 0 Å². The van der Waals surface area contributed by atoms with E-state index >= 15 is 0 Å². The van der Waals surface area contributed by atoms with E-state index in [2.05, 4.69) is 6.92 Å². The summed E-state index contributed by atoms with van der Waals surface area (Å²) in [7, 11) is 0. The fourth-order valence-corrected chi connectivity index (χ4v) is 3.20. The molecule has 2 fully saturated rings. The minimum absolute atomic E-state index is 0.0354. The van der Waals surface area contributed by atoms with E-state index in [4.69, 9.17) is 5.73 Å². The number of carbonyl (C=O) groups is 1. The molecule has 1 amide bonds. The van der Waals surface area contributed by atoms with Crippen LogP contribution in [-0.2, 0) is 10.2 Å². The van der Waals surface area contributed by atoms with Gasteiger partial charge in [-0.15, -0.1) is 0 Å². The molecule has 1 saturated carbocycles.